The Morgan fingerprint density at radius 1 is 1.29 bits per heavy atom. The molecule has 5 heteroatoms. The highest BCUT2D eigenvalue weighted by Gasteiger charge is 2.53. The van der Waals surface area contributed by atoms with Crippen LogP contribution in [0.4, 0.5) is 4.79 Å². The van der Waals surface area contributed by atoms with E-state index in [-0.39, 0.29) is 17.7 Å². The van der Waals surface area contributed by atoms with Crippen LogP contribution < -0.4 is 0 Å². The molecule has 0 radical (unpaired) electrons. The Labute approximate surface area is 128 Å². The molecule has 0 aliphatic carbocycles. The van der Waals surface area contributed by atoms with E-state index in [2.05, 4.69) is 25.8 Å². The van der Waals surface area contributed by atoms with Gasteiger partial charge in [-0.2, -0.15) is 0 Å². The Morgan fingerprint density at radius 3 is 2.14 bits per heavy atom. The molecule has 2 atom stereocenters. The van der Waals surface area contributed by atoms with Crippen LogP contribution in [-0.2, 0) is 9.47 Å². The van der Waals surface area contributed by atoms with E-state index >= 15 is 0 Å². The maximum atomic E-state index is 12.7. The number of methoxy groups -OCH3 is 1. The Morgan fingerprint density at radius 2 is 1.81 bits per heavy atom. The molecule has 0 bridgehead atoms. The van der Waals surface area contributed by atoms with Gasteiger partial charge in [-0.05, 0) is 34.1 Å². The van der Waals surface area contributed by atoms with Gasteiger partial charge in [-0.15, -0.1) is 0 Å². The lowest BCUT2D eigenvalue weighted by Crippen LogP contribution is -2.57. The largest absolute Gasteiger partial charge is 0.483 e. The van der Waals surface area contributed by atoms with E-state index in [0.717, 1.165) is 0 Å². The van der Waals surface area contributed by atoms with Gasteiger partial charge >= 0.3 is 6.09 Å². The van der Waals surface area contributed by atoms with Gasteiger partial charge in [0.25, 0.3) is 0 Å². The van der Waals surface area contributed by atoms with Gasteiger partial charge < -0.3 is 9.47 Å². The molecule has 1 rings (SSSR count). The molecule has 0 saturated carbocycles. The van der Waals surface area contributed by atoms with Crippen molar-refractivity contribution in [2.45, 2.75) is 79.1 Å². The minimum absolute atomic E-state index is 0.201. The minimum atomic E-state index is -0.574. The third kappa shape index (κ3) is 3.50. The molecular formula is C16H30N2O3. The smallest absolute Gasteiger partial charge is 0.412 e. The van der Waals surface area contributed by atoms with Gasteiger partial charge in [-0.3, -0.25) is 4.90 Å². The number of aliphatic imine (C=N–C) groups is 1. The molecule has 1 heterocycles. The highest BCUT2D eigenvalue weighted by Crippen LogP contribution is 2.40. The summed E-state index contributed by atoms with van der Waals surface area (Å²) in [6.07, 6.45) is 0.0701. The van der Waals surface area contributed by atoms with Crippen LogP contribution in [0.15, 0.2) is 4.99 Å². The number of ether oxygens (including phenoxy) is 2. The second-order valence-corrected chi connectivity index (χ2v) is 7.86. The number of hydrogen-bond acceptors (Lipinski definition) is 4. The van der Waals surface area contributed by atoms with E-state index in [9.17, 15) is 4.79 Å². The third-order valence-corrected chi connectivity index (χ3v) is 3.72. The molecule has 0 aromatic rings. The van der Waals surface area contributed by atoms with E-state index in [1.807, 2.05) is 34.6 Å². The summed E-state index contributed by atoms with van der Waals surface area (Å²) in [6.45, 7) is 15.8. The first-order chi connectivity index (χ1) is 9.36. The number of carbonyl (C=O) groups is 1. The van der Waals surface area contributed by atoms with Crippen molar-refractivity contribution in [2.75, 3.05) is 7.11 Å². The summed E-state index contributed by atoms with van der Waals surface area (Å²) in [6, 6.07) is 0. The first-order valence-electron chi connectivity index (χ1n) is 7.51. The van der Waals surface area contributed by atoms with Crippen molar-refractivity contribution in [2.24, 2.45) is 10.4 Å². The number of rotatable bonds is 1. The lowest BCUT2D eigenvalue weighted by atomic mass is 9.89. The fraction of sp³-hybridized carbons (Fsp3) is 0.875. The monoisotopic (exact) mass is 298 g/mol. The molecule has 0 unspecified atom stereocenters. The van der Waals surface area contributed by atoms with Crippen LogP contribution in [0.3, 0.4) is 0 Å². The van der Waals surface area contributed by atoms with Crippen molar-refractivity contribution in [1.29, 1.82) is 0 Å². The fourth-order valence-corrected chi connectivity index (χ4v) is 2.47. The van der Waals surface area contributed by atoms with Crippen molar-refractivity contribution in [3.8, 4) is 0 Å². The molecule has 1 aliphatic heterocycles. The lowest BCUT2D eigenvalue weighted by Gasteiger charge is -2.41. The summed E-state index contributed by atoms with van der Waals surface area (Å²) in [4.78, 5) is 19.1. The normalized spacial score (nSPS) is 26.6. The average molecular weight is 298 g/mol. The van der Waals surface area contributed by atoms with E-state index < -0.39 is 11.1 Å². The van der Waals surface area contributed by atoms with Crippen LogP contribution in [0.2, 0.25) is 0 Å². The zero-order chi connectivity index (χ0) is 16.6. The highest BCUT2D eigenvalue weighted by molar-refractivity contribution is 5.92. The topological polar surface area (TPSA) is 51.1 Å². The summed E-state index contributed by atoms with van der Waals surface area (Å²) in [5.74, 6) is 0.593. The van der Waals surface area contributed by atoms with Crippen molar-refractivity contribution >= 4 is 12.0 Å². The fourth-order valence-electron chi connectivity index (χ4n) is 2.47. The first kappa shape index (κ1) is 17.8. The molecule has 0 N–H and O–H groups in total. The first-order valence-corrected chi connectivity index (χ1v) is 7.51. The van der Waals surface area contributed by atoms with Crippen molar-refractivity contribution in [3.63, 3.8) is 0 Å². The Bertz CT molecular complexity index is 432. The molecule has 0 aromatic heterocycles. The van der Waals surface area contributed by atoms with E-state index in [0.29, 0.717) is 12.3 Å². The van der Waals surface area contributed by atoms with Crippen molar-refractivity contribution < 1.29 is 14.3 Å². The molecule has 0 fully saturated rings. The molecule has 0 aromatic carbocycles. The van der Waals surface area contributed by atoms with Gasteiger partial charge in [-0.25, -0.2) is 9.79 Å². The summed E-state index contributed by atoms with van der Waals surface area (Å²) in [5, 5.41) is 0. The standard InChI is InChI=1S/C16H30N2O3/c1-10-16(8)12(20-9)17-11(14(2,3)4)18(16)13(19)21-15(5,6)7/h11H,10H2,1-9H3/t11-,16-/m0/s1. The lowest BCUT2D eigenvalue weighted by molar-refractivity contribution is -0.0127. The summed E-state index contributed by atoms with van der Waals surface area (Å²) < 4.78 is 11.0. The summed E-state index contributed by atoms with van der Waals surface area (Å²) >= 11 is 0. The molecule has 21 heavy (non-hydrogen) atoms. The second kappa shape index (κ2) is 5.50. The van der Waals surface area contributed by atoms with Crippen LogP contribution in [0.1, 0.15) is 61.8 Å². The van der Waals surface area contributed by atoms with Crippen LogP contribution in [-0.4, -0.2) is 41.3 Å². The average Bonchev–Trinajstić information content (AvgIpc) is 2.60. The van der Waals surface area contributed by atoms with Crippen LogP contribution >= 0.6 is 0 Å². The van der Waals surface area contributed by atoms with Crippen LogP contribution in [0.5, 0.6) is 0 Å². The van der Waals surface area contributed by atoms with Gasteiger partial charge in [0.05, 0.1) is 7.11 Å². The predicted octanol–water partition coefficient (Wildman–Crippen LogP) is 3.82. The zero-order valence-corrected chi connectivity index (χ0v) is 14.9. The zero-order valence-electron chi connectivity index (χ0n) is 14.9. The van der Waals surface area contributed by atoms with Crippen LogP contribution in [0.25, 0.3) is 0 Å². The maximum Gasteiger partial charge on any atom is 0.412 e. The Kier molecular flexibility index (Phi) is 4.66. The van der Waals surface area contributed by atoms with Crippen molar-refractivity contribution in [1.82, 2.24) is 4.90 Å². The molecule has 0 saturated heterocycles. The number of carbonyl (C=O) groups excluding carboxylic acids is 1. The van der Waals surface area contributed by atoms with Gasteiger partial charge in [-0.1, -0.05) is 27.7 Å². The van der Waals surface area contributed by atoms with Gasteiger partial charge in [0.1, 0.15) is 17.3 Å². The van der Waals surface area contributed by atoms with E-state index in [1.54, 1.807) is 12.0 Å². The number of hydrogen-bond donors (Lipinski definition) is 0. The molecule has 1 aliphatic rings. The molecule has 1 amide bonds. The van der Waals surface area contributed by atoms with Crippen LogP contribution in [0, 0.1) is 5.41 Å². The third-order valence-electron chi connectivity index (χ3n) is 3.72. The maximum absolute atomic E-state index is 12.7. The van der Waals surface area contributed by atoms with Gasteiger partial charge in [0, 0.05) is 5.41 Å². The highest BCUT2D eigenvalue weighted by atomic mass is 16.6. The molecular weight excluding hydrogens is 268 g/mol. The number of amides is 1. The van der Waals surface area contributed by atoms with E-state index in [4.69, 9.17) is 9.47 Å². The molecule has 5 nitrogen and oxygen atoms in total. The quantitative estimate of drug-likeness (QED) is 0.739. The Hall–Kier alpha value is -1.26. The Balaban J connectivity index is 3.25. The SMILES string of the molecule is CC[C@@]1(C)C(OC)=N[C@H](C(C)(C)C)N1C(=O)OC(C)(C)C. The molecule has 0 spiro atoms. The van der Waals surface area contributed by atoms with Gasteiger partial charge in [0.2, 0.25) is 5.90 Å². The van der Waals surface area contributed by atoms with E-state index in [1.165, 1.54) is 0 Å². The predicted molar refractivity (Wildman–Crippen MR) is 84.5 cm³/mol. The second-order valence-electron chi connectivity index (χ2n) is 7.86. The number of nitrogens with zero attached hydrogens (tertiary/aromatic N) is 2. The summed E-state index contributed by atoms with van der Waals surface area (Å²) in [7, 11) is 1.60. The van der Waals surface area contributed by atoms with Crippen molar-refractivity contribution in [3.05, 3.63) is 0 Å². The summed E-state index contributed by atoms with van der Waals surface area (Å²) in [5.41, 5.74) is -1.31. The van der Waals surface area contributed by atoms with Gasteiger partial charge in [0.15, 0.2) is 0 Å². The minimum Gasteiger partial charge on any atom is -0.483 e. The molecule has 122 valence electrons.